The van der Waals surface area contributed by atoms with Gasteiger partial charge in [-0.25, -0.2) is 4.39 Å². The largest absolute Gasteiger partial charge is 0.366 e. The van der Waals surface area contributed by atoms with Crippen molar-refractivity contribution in [3.8, 4) is 0 Å². The van der Waals surface area contributed by atoms with Crippen molar-refractivity contribution in [2.45, 2.75) is 18.9 Å². The summed E-state index contributed by atoms with van der Waals surface area (Å²) in [5.74, 6) is -1.01. The highest BCUT2D eigenvalue weighted by molar-refractivity contribution is 7.14. The van der Waals surface area contributed by atoms with Gasteiger partial charge in [0.25, 0.3) is 5.91 Å². The maximum atomic E-state index is 13.1. The molecule has 5 nitrogen and oxygen atoms in total. The summed E-state index contributed by atoms with van der Waals surface area (Å²) in [6.07, 6.45) is 1.92. The fourth-order valence-electron chi connectivity index (χ4n) is 3.03. The van der Waals surface area contributed by atoms with Crippen LogP contribution >= 0.6 is 11.3 Å². The van der Waals surface area contributed by atoms with Crippen LogP contribution in [0.3, 0.4) is 0 Å². The molecule has 2 amide bonds. The Labute approximate surface area is 143 Å². The number of thiophene rings is 1. The summed E-state index contributed by atoms with van der Waals surface area (Å²) in [6.45, 7) is 1.03. The second-order valence-corrected chi connectivity index (χ2v) is 6.67. The van der Waals surface area contributed by atoms with Crippen molar-refractivity contribution < 1.29 is 14.0 Å². The van der Waals surface area contributed by atoms with E-state index >= 15 is 0 Å². The number of halogens is 1. The first-order chi connectivity index (χ1) is 11.5. The second-order valence-electron chi connectivity index (χ2n) is 5.76. The van der Waals surface area contributed by atoms with Gasteiger partial charge in [0.15, 0.2) is 0 Å². The molecule has 0 radical (unpaired) electrons. The van der Waals surface area contributed by atoms with Gasteiger partial charge in [-0.1, -0.05) is 12.1 Å². The number of hydrogen-bond donors (Lipinski definition) is 2. The Morgan fingerprint density at radius 1 is 1.29 bits per heavy atom. The predicted octanol–water partition coefficient (Wildman–Crippen LogP) is 2.76. The molecule has 0 bridgehead atoms. The number of nitrogens with zero attached hydrogens (tertiary/aromatic N) is 1. The van der Waals surface area contributed by atoms with Gasteiger partial charge in [-0.3, -0.25) is 14.5 Å². The lowest BCUT2D eigenvalue weighted by Crippen LogP contribution is -2.33. The molecule has 24 heavy (non-hydrogen) atoms. The van der Waals surface area contributed by atoms with Crippen LogP contribution < -0.4 is 11.1 Å². The first-order valence-electron chi connectivity index (χ1n) is 7.71. The zero-order valence-electron chi connectivity index (χ0n) is 13.0. The van der Waals surface area contributed by atoms with Crippen molar-refractivity contribution in [1.29, 1.82) is 0 Å². The molecule has 0 spiro atoms. The molecule has 1 fully saturated rings. The first-order valence-corrected chi connectivity index (χ1v) is 8.59. The molecular weight excluding hydrogens is 329 g/mol. The summed E-state index contributed by atoms with van der Waals surface area (Å²) in [4.78, 5) is 25.7. The molecule has 0 saturated carbocycles. The van der Waals surface area contributed by atoms with E-state index in [-0.39, 0.29) is 24.3 Å². The molecule has 1 atom stereocenters. The maximum Gasteiger partial charge on any atom is 0.251 e. The van der Waals surface area contributed by atoms with Gasteiger partial charge in [0, 0.05) is 6.04 Å². The van der Waals surface area contributed by atoms with Crippen molar-refractivity contribution in [2.24, 2.45) is 5.73 Å². The van der Waals surface area contributed by atoms with E-state index in [1.807, 2.05) is 0 Å². The van der Waals surface area contributed by atoms with Crippen LogP contribution in [0.1, 0.15) is 34.8 Å². The smallest absolute Gasteiger partial charge is 0.251 e. The number of anilines is 1. The average molecular weight is 347 g/mol. The molecule has 1 aliphatic heterocycles. The summed E-state index contributed by atoms with van der Waals surface area (Å²) in [6, 6.07) is 8.12. The number of carbonyl (C=O) groups excluding carboxylic acids is 2. The van der Waals surface area contributed by atoms with Crippen molar-refractivity contribution in [3.05, 3.63) is 52.7 Å². The van der Waals surface area contributed by atoms with Gasteiger partial charge < -0.3 is 11.1 Å². The topological polar surface area (TPSA) is 75.4 Å². The Kier molecular flexibility index (Phi) is 4.92. The van der Waals surface area contributed by atoms with E-state index in [2.05, 4.69) is 10.2 Å². The lowest BCUT2D eigenvalue weighted by atomic mass is 10.0. The molecule has 2 aromatic rings. The molecular formula is C17H18FN3O2S. The monoisotopic (exact) mass is 347 g/mol. The predicted molar refractivity (Wildman–Crippen MR) is 91.4 cm³/mol. The Bertz CT molecular complexity index is 745. The van der Waals surface area contributed by atoms with Crippen molar-refractivity contribution in [1.82, 2.24) is 4.90 Å². The van der Waals surface area contributed by atoms with Gasteiger partial charge in [0.1, 0.15) is 10.8 Å². The van der Waals surface area contributed by atoms with Crippen LogP contribution in [0.4, 0.5) is 9.39 Å². The summed E-state index contributed by atoms with van der Waals surface area (Å²) in [5.41, 5.74) is 6.62. The van der Waals surface area contributed by atoms with E-state index in [1.54, 1.807) is 23.6 Å². The van der Waals surface area contributed by atoms with Crippen LogP contribution in [0.25, 0.3) is 0 Å². The van der Waals surface area contributed by atoms with Crippen molar-refractivity contribution in [3.63, 3.8) is 0 Å². The number of likely N-dealkylation sites (tertiary alicyclic amines) is 1. The summed E-state index contributed by atoms with van der Waals surface area (Å²) in [7, 11) is 0. The Morgan fingerprint density at radius 3 is 2.75 bits per heavy atom. The number of primary amides is 1. The zero-order valence-corrected chi connectivity index (χ0v) is 13.8. The number of nitrogens with one attached hydrogen (secondary N) is 1. The van der Waals surface area contributed by atoms with E-state index in [4.69, 9.17) is 5.73 Å². The summed E-state index contributed by atoms with van der Waals surface area (Å²) >= 11 is 1.27. The number of hydrogen-bond acceptors (Lipinski definition) is 4. The quantitative estimate of drug-likeness (QED) is 0.873. The van der Waals surface area contributed by atoms with Gasteiger partial charge in [0.2, 0.25) is 5.91 Å². The lowest BCUT2D eigenvalue weighted by molar-refractivity contribution is -0.117. The van der Waals surface area contributed by atoms with E-state index in [0.29, 0.717) is 10.6 Å². The van der Waals surface area contributed by atoms with Crippen molar-refractivity contribution in [2.75, 3.05) is 18.4 Å². The highest BCUT2D eigenvalue weighted by Gasteiger charge is 2.27. The summed E-state index contributed by atoms with van der Waals surface area (Å²) < 4.78 is 13.1. The molecule has 1 aliphatic rings. The van der Waals surface area contributed by atoms with E-state index in [0.717, 1.165) is 24.9 Å². The minimum absolute atomic E-state index is 0.107. The standard InChI is InChI=1S/C17H18FN3O2S/c18-12-5-3-11(4-6-12)14-2-1-8-21(14)10-15(22)20-17-13(16(19)23)7-9-24-17/h3-7,9,14H,1-2,8,10H2,(H2,19,23)(H,20,22)/t14-/m1/s1. The van der Waals surface area contributed by atoms with Gasteiger partial charge in [0.05, 0.1) is 12.1 Å². The van der Waals surface area contributed by atoms with Gasteiger partial charge in [-0.15, -0.1) is 11.3 Å². The average Bonchev–Trinajstić information content (AvgIpc) is 3.17. The van der Waals surface area contributed by atoms with E-state index in [9.17, 15) is 14.0 Å². The van der Waals surface area contributed by atoms with Crippen LogP contribution in [-0.2, 0) is 4.79 Å². The van der Waals surface area contributed by atoms with Crippen LogP contribution in [0, 0.1) is 5.82 Å². The van der Waals surface area contributed by atoms with Crippen LogP contribution in [0.15, 0.2) is 35.7 Å². The van der Waals surface area contributed by atoms with Crippen LogP contribution in [0.2, 0.25) is 0 Å². The third kappa shape index (κ3) is 3.63. The molecule has 1 aromatic heterocycles. The summed E-state index contributed by atoms with van der Waals surface area (Å²) in [5, 5.41) is 4.95. The fraction of sp³-hybridized carbons (Fsp3) is 0.294. The van der Waals surface area contributed by atoms with Gasteiger partial charge >= 0.3 is 0 Å². The van der Waals surface area contributed by atoms with Crippen LogP contribution in [0.5, 0.6) is 0 Å². The zero-order chi connectivity index (χ0) is 17.1. The first kappa shape index (κ1) is 16.6. The third-order valence-electron chi connectivity index (χ3n) is 4.15. The van der Waals surface area contributed by atoms with Gasteiger partial charge in [-0.05, 0) is 48.5 Å². The molecule has 1 saturated heterocycles. The SMILES string of the molecule is NC(=O)c1ccsc1NC(=O)CN1CCC[C@@H]1c1ccc(F)cc1. The normalized spacial score (nSPS) is 17.8. The van der Waals surface area contributed by atoms with Crippen molar-refractivity contribution >= 4 is 28.2 Å². The molecule has 3 rings (SSSR count). The number of amides is 2. The molecule has 0 aliphatic carbocycles. The minimum atomic E-state index is -0.558. The molecule has 1 aromatic carbocycles. The molecule has 7 heteroatoms. The molecule has 2 heterocycles. The Hall–Kier alpha value is -2.25. The molecule has 0 unspecified atom stereocenters. The Balaban J connectivity index is 1.66. The third-order valence-corrected chi connectivity index (χ3v) is 4.98. The number of benzene rings is 1. The van der Waals surface area contributed by atoms with E-state index in [1.165, 1.54) is 23.5 Å². The second kappa shape index (κ2) is 7.11. The molecule has 126 valence electrons. The Morgan fingerprint density at radius 2 is 2.04 bits per heavy atom. The highest BCUT2D eigenvalue weighted by atomic mass is 32.1. The minimum Gasteiger partial charge on any atom is -0.366 e. The number of carbonyl (C=O) groups is 2. The molecule has 3 N–H and O–H groups in total. The maximum absolute atomic E-state index is 13.1. The van der Waals surface area contributed by atoms with Gasteiger partial charge in [-0.2, -0.15) is 0 Å². The lowest BCUT2D eigenvalue weighted by Gasteiger charge is -2.24. The number of rotatable bonds is 5. The number of nitrogens with two attached hydrogens (primary N) is 1. The van der Waals surface area contributed by atoms with Crippen LogP contribution in [-0.4, -0.2) is 29.8 Å². The highest BCUT2D eigenvalue weighted by Crippen LogP contribution is 2.32. The fourth-order valence-corrected chi connectivity index (χ4v) is 3.84. The van der Waals surface area contributed by atoms with E-state index < -0.39 is 5.91 Å².